The molecule has 2 aromatic rings. The number of rotatable bonds is 6. The number of nitrogens with zero attached hydrogens (tertiary/aromatic N) is 2. The quantitative estimate of drug-likeness (QED) is 0.380. The molecule has 158 valence electrons. The van der Waals surface area contributed by atoms with Crippen LogP contribution in [0.3, 0.4) is 0 Å². The zero-order valence-corrected chi connectivity index (χ0v) is 18.5. The van der Waals surface area contributed by atoms with E-state index in [1.807, 2.05) is 30.3 Å². The van der Waals surface area contributed by atoms with E-state index in [1.165, 1.54) is 4.90 Å². The maximum atomic E-state index is 13.3. The number of hydrogen-bond acceptors (Lipinski definition) is 6. The first-order valence-corrected chi connectivity index (χ1v) is 11.1. The van der Waals surface area contributed by atoms with E-state index >= 15 is 0 Å². The molecule has 0 N–H and O–H groups in total. The highest BCUT2D eigenvalue weighted by molar-refractivity contribution is 8.26. The van der Waals surface area contributed by atoms with E-state index in [0.29, 0.717) is 39.0 Å². The molecule has 0 unspecified atom stereocenters. The van der Waals surface area contributed by atoms with Gasteiger partial charge in [-0.2, -0.15) is 0 Å². The molecule has 2 aliphatic rings. The molecule has 2 aromatic carbocycles. The average molecular weight is 453 g/mol. The molecule has 0 bridgehead atoms. The van der Waals surface area contributed by atoms with Crippen molar-refractivity contribution in [1.29, 1.82) is 0 Å². The molecule has 0 aliphatic carbocycles. The SMILES string of the molecule is CCOC(=O)CN1C(=O)C(=C2SC(=S)N(CCc3ccccc3)C2=O)c2ccccc21. The third-order valence-electron chi connectivity index (χ3n) is 5.06. The van der Waals surface area contributed by atoms with Crippen LogP contribution in [-0.4, -0.2) is 46.7 Å². The van der Waals surface area contributed by atoms with Crippen molar-refractivity contribution in [3.8, 4) is 0 Å². The van der Waals surface area contributed by atoms with Gasteiger partial charge in [-0.15, -0.1) is 0 Å². The Morgan fingerprint density at radius 1 is 1.00 bits per heavy atom. The van der Waals surface area contributed by atoms with Crippen molar-refractivity contribution in [2.45, 2.75) is 13.3 Å². The summed E-state index contributed by atoms with van der Waals surface area (Å²) in [5.41, 5.74) is 2.61. The normalized spacial score (nSPS) is 18.0. The Hall–Kier alpha value is -2.97. The molecule has 31 heavy (non-hydrogen) atoms. The van der Waals surface area contributed by atoms with E-state index in [1.54, 1.807) is 36.1 Å². The standard InChI is InChI=1S/C23H20N2O4S2/c1-2-29-18(26)14-25-17-11-7-6-10-16(17)19(21(25)27)20-22(28)24(23(30)31-20)13-12-15-8-4-3-5-9-15/h3-11H,2,12-14H2,1H3. The number of para-hydroxylation sites is 1. The Morgan fingerprint density at radius 3 is 2.45 bits per heavy atom. The largest absolute Gasteiger partial charge is 0.465 e. The second-order valence-corrected chi connectivity index (χ2v) is 8.62. The third-order valence-corrected chi connectivity index (χ3v) is 6.51. The second kappa shape index (κ2) is 9.03. The molecule has 6 nitrogen and oxygen atoms in total. The highest BCUT2D eigenvalue weighted by Gasteiger charge is 2.42. The van der Waals surface area contributed by atoms with E-state index in [0.717, 1.165) is 17.3 Å². The van der Waals surface area contributed by atoms with Gasteiger partial charge in [-0.3, -0.25) is 24.2 Å². The van der Waals surface area contributed by atoms with Crippen LogP contribution in [-0.2, 0) is 25.5 Å². The van der Waals surface area contributed by atoms with Gasteiger partial charge in [-0.05, 0) is 25.0 Å². The van der Waals surface area contributed by atoms with Gasteiger partial charge in [0.15, 0.2) is 0 Å². The fraction of sp³-hybridized carbons (Fsp3) is 0.217. The minimum Gasteiger partial charge on any atom is -0.465 e. The summed E-state index contributed by atoms with van der Waals surface area (Å²) >= 11 is 6.59. The zero-order chi connectivity index (χ0) is 22.0. The van der Waals surface area contributed by atoms with Gasteiger partial charge in [0, 0.05) is 12.1 Å². The van der Waals surface area contributed by atoms with Crippen LogP contribution in [0.25, 0.3) is 5.57 Å². The number of thiocarbonyl (C=S) groups is 1. The number of carbonyl (C=O) groups excluding carboxylic acids is 3. The molecule has 0 saturated carbocycles. The second-order valence-electron chi connectivity index (χ2n) is 6.98. The van der Waals surface area contributed by atoms with E-state index in [9.17, 15) is 14.4 Å². The van der Waals surface area contributed by atoms with Crippen molar-refractivity contribution in [3.05, 3.63) is 70.6 Å². The molecule has 4 rings (SSSR count). The lowest BCUT2D eigenvalue weighted by Crippen LogP contribution is -2.34. The lowest BCUT2D eigenvalue weighted by molar-refractivity contribution is -0.142. The predicted molar refractivity (Wildman–Crippen MR) is 124 cm³/mol. The summed E-state index contributed by atoms with van der Waals surface area (Å²) in [5.74, 6) is -1.16. The Labute approximate surface area is 189 Å². The van der Waals surface area contributed by atoms with Crippen LogP contribution in [0.5, 0.6) is 0 Å². The molecule has 2 aliphatic heterocycles. The highest BCUT2D eigenvalue weighted by atomic mass is 32.2. The Bertz CT molecular complexity index is 1100. The van der Waals surface area contributed by atoms with Crippen molar-refractivity contribution in [1.82, 2.24) is 4.90 Å². The summed E-state index contributed by atoms with van der Waals surface area (Å²) in [6.45, 7) is 2.18. The van der Waals surface area contributed by atoms with Gasteiger partial charge in [0.05, 0.1) is 22.8 Å². The van der Waals surface area contributed by atoms with Crippen molar-refractivity contribution >= 4 is 57.3 Å². The smallest absolute Gasteiger partial charge is 0.326 e. The summed E-state index contributed by atoms with van der Waals surface area (Å²) < 4.78 is 5.44. The number of carbonyl (C=O) groups is 3. The Kier molecular flexibility index (Phi) is 6.20. The number of amides is 2. The number of anilines is 1. The topological polar surface area (TPSA) is 66.9 Å². The fourth-order valence-corrected chi connectivity index (χ4v) is 5.00. The summed E-state index contributed by atoms with van der Waals surface area (Å²) in [6, 6.07) is 17.0. The molecule has 2 heterocycles. The number of thioether (sulfide) groups is 1. The Balaban J connectivity index is 1.63. The van der Waals surface area contributed by atoms with E-state index in [2.05, 4.69) is 0 Å². The molecular weight excluding hydrogens is 432 g/mol. The molecule has 0 spiro atoms. The summed E-state index contributed by atoms with van der Waals surface area (Å²) in [4.78, 5) is 41.7. The van der Waals surface area contributed by atoms with Gasteiger partial charge in [-0.25, -0.2) is 0 Å². The van der Waals surface area contributed by atoms with E-state index in [4.69, 9.17) is 17.0 Å². The predicted octanol–water partition coefficient (Wildman–Crippen LogP) is 3.41. The van der Waals surface area contributed by atoms with E-state index < -0.39 is 11.9 Å². The lowest BCUT2D eigenvalue weighted by atomic mass is 10.1. The number of esters is 1. The van der Waals surface area contributed by atoms with Crippen molar-refractivity contribution in [3.63, 3.8) is 0 Å². The maximum absolute atomic E-state index is 13.3. The molecule has 1 saturated heterocycles. The summed E-state index contributed by atoms with van der Waals surface area (Å²) in [5, 5.41) is 0. The van der Waals surface area contributed by atoms with Crippen LogP contribution in [0.2, 0.25) is 0 Å². The van der Waals surface area contributed by atoms with Gasteiger partial charge < -0.3 is 4.74 Å². The van der Waals surface area contributed by atoms with Crippen molar-refractivity contribution in [2.24, 2.45) is 0 Å². The fourth-order valence-electron chi connectivity index (χ4n) is 3.62. The summed E-state index contributed by atoms with van der Waals surface area (Å²) in [7, 11) is 0. The number of fused-ring (bicyclic) bond motifs is 1. The van der Waals surface area contributed by atoms with Crippen LogP contribution in [0, 0.1) is 0 Å². The zero-order valence-electron chi connectivity index (χ0n) is 16.9. The van der Waals surface area contributed by atoms with Crippen LogP contribution in [0.4, 0.5) is 5.69 Å². The van der Waals surface area contributed by atoms with Gasteiger partial charge in [0.25, 0.3) is 11.8 Å². The molecule has 2 amide bonds. The average Bonchev–Trinajstić information content (AvgIpc) is 3.20. The van der Waals surface area contributed by atoms with Crippen molar-refractivity contribution < 1.29 is 19.1 Å². The van der Waals surface area contributed by atoms with Gasteiger partial charge in [-0.1, -0.05) is 72.5 Å². The molecular formula is C23H20N2O4S2. The first-order valence-electron chi connectivity index (χ1n) is 9.90. The van der Waals surface area contributed by atoms with Gasteiger partial charge in [0.1, 0.15) is 10.9 Å². The van der Waals surface area contributed by atoms with Crippen molar-refractivity contribution in [2.75, 3.05) is 24.6 Å². The minimum absolute atomic E-state index is 0.207. The molecule has 0 radical (unpaired) electrons. The number of ether oxygens (including phenoxy) is 1. The third kappa shape index (κ3) is 4.13. The maximum Gasteiger partial charge on any atom is 0.326 e. The minimum atomic E-state index is -0.498. The first-order chi connectivity index (χ1) is 15.0. The van der Waals surface area contributed by atoms with Crippen LogP contribution in [0.15, 0.2) is 59.5 Å². The van der Waals surface area contributed by atoms with E-state index in [-0.39, 0.29) is 19.1 Å². The monoisotopic (exact) mass is 452 g/mol. The highest BCUT2D eigenvalue weighted by Crippen LogP contribution is 2.44. The van der Waals surface area contributed by atoms with Crippen LogP contribution < -0.4 is 4.90 Å². The lowest BCUT2D eigenvalue weighted by Gasteiger charge is -2.15. The number of benzene rings is 2. The van der Waals surface area contributed by atoms with Gasteiger partial charge in [0.2, 0.25) is 0 Å². The molecule has 0 atom stereocenters. The molecule has 1 fully saturated rings. The van der Waals surface area contributed by atoms with Crippen LogP contribution >= 0.6 is 24.0 Å². The molecule has 8 heteroatoms. The number of hydrogen-bond donors (Lipinski definition) is 0. The Morgan fingerprint density at radius 2 is 1.71 bits per heavy atom. The summed E-state index contributed by atoms with van der Waals surface area (Å²) in [6.07, 6.45) is 0.662. The van der Waals surface area contributed by atoms with Crippen LogP contribution in [0.1, 0.15) is 18.1 Å². The molecule has 0 aromatic heterocycles. The van der Waals surface area contributed by atoms with Gasteiger partial charge >= 0.3 is 5.97 Å². The first kappa shape index (κ1) is 21.3.